The van der Waals surface area contributed by atoms with E-state index >= 15 is 0 Å². The van der Waals surface area contributed by atoms with Gasteiger partial charge >= 0.3 is 0 Å². The fraction of sp³-hybridized carbons (Fsp3) is 0.714. The first-order chi connectivity index (χ1) is 9.16. The van der Waals surface area contributed by atoms with Gasteiger partial charge in [-0.3, -0.25) is 4.98 Å². The summed E-state index contributed by atoms with van der Waals surface area (Å²) in [6, 6.07) is 0.968. The Morgan fingerprint density at radius 1 is 1.37 bits per heavy atom. The van der Waals surface area contributed by atoms with Gasteiger partial charge in [-0.15, -0.1) is 0 Å². The lowest BCUT2D eigenvalue weighted by molar-refractivity contribution is 0.0853. The lowest BCUT2D eigenvalue weighted by Gasteiger charge is -2.32. The van der Waals surface area contributed by atoms with Crippen molar-refractivity contribution in [2.24, 2.45) is 0 Å². The maximum absolute atomic E-state index is 5.40. The molecule has 1 aliphatic heterocycles. The number of rotatable bonds is 5. The van der Waals surface area contributed by atoms with Gasteiger partial charge in [-0.25, -0.2) is 4.98 Å². The van der Waals surface area contributed by atoms with Crippen LogP contribution in [-0.4, -0.2) is 42.3 Å². The van der Waals surface area contributed by atoms with Crippen LogP contribution >= 0.6 is 0 Å². The van der Waals surface area contributed by atoms with Gasteiger partial charge in [0.25, 0.3) is 0 Å². The molecule has 0 radical (unpaired) electrons. The second-order valence-corrected chi connectivity index (χ2v) is 5.36. The molecule has 5 nitrogen and oxygen atoms in total. The highest BCUT2D eigenvalue weighted by molar-refractivity contribution is 5.36. The summed E-state index contributed by atoms with van der Waals surface area (Å²) in [5, 5.41) is 3.37. The topological polar surface area (TPSA) is 50.3 Å². The molecule has 19 heavy (non-hydrogen) atoms. The molecule has 0 aromatic carbocycles. The van der Waals surface area contributed by atoms with E-state index in [1.165, 1.54) is 0 Å². The molecule has 0 amide bonds. The Morgan fingerprint density at radius 2 is 2.11 bits per heavy atom. The van der Waals surface area contributed by atoms with Crippen molar-refractivity contribution in [3.8, 4) is 0 Å². The Hall–Kier alpha value is -1.20. The van der Waals surface area contributed by atoms with Crippen LogP contribution in [0.2, 0.25) is 0 Å². The van der Waals surface area contributed by atoms with E-state index < -0.39 is 0 Å². The monoisotopic (exact) mass is 264 g/mol. The normalized spacial score (nSPS) is 16.8. The zero-order chi connectivity index (χ0) is 13.7. The Balaban J connectivity index is 2.00. The molecule has 1 saturated heterocycles. The summed E-state index contributed by atoms with van der Waals surface area (Å²) >= 11 is 0. The molecule has 1 aromatic rings. The first-order valence-corrected chi connectivity index (χ1v) is 7.01. The fourth-order valence-electron chi connectivity index (χ4n) is 2.22. The van der Waals surface area contributed by atoms with Crippen molar-refractivity contribution < 1.29 is 4.74 Å². The van der Waals surface area contributed by atoms with Gasteiger partial charge in [-0.2, -0.15) is 0 Å². The van der Waals surface area contributed by atoms with E-state index in [2.05, 4.69) is 41.1 Å². The number of nitrogens with zero attached hydrogens (tertiary/aromatic N) is 3. The molecule has 0 spiro atoms. The Labute approximate surface area is 115 Å². The van der Waals surface area contributed by atoms with Crippen molar-refractivity contribution in [3.63, 3.8) is 0 Å². The molecular weight excluding hydrogens is 240 g/mol. The molecule has 0 atom stereocenters. The minimum absolute atomic E-state index is 0.457. The summed E-state index contributed by atoms with van der Waals surface area (Å²) < 4.78 is 5.40. The minimum Gasteiger partial charge on any atom is -0.381 e. The number of hydrogen-bond donors (Lipinski definition) is 1. The third kappa shape index (κ3) is 4.14. The second-order valence-electron chi connectivity index (χ2n) is 5.36. The summed E-state index contributed by atoms with van der Waals surface area (Å²) in [6.07, 6.45) is 5.80. The van der Waals surface area contributed by atoms with Crippen LogP contribution in [0, 0.1) is 0 Å². The molecule has 5 heteroatoms. The van der Waals surface area contributed by atoms with Crippen LogP contribution in [0.25, 0.3) is 0 Å². The largest absolute Gasteiger partial charge is 0.381 e. The van der Waals surface area contributed by atoms with Gasteiger partial charge in [0.2, 0.25) is 0 Å². The molecule has 0 saturated carbocycles. The van der Waals surface area contributed by atoms with Crippen molar-refractivity contribution in [1.29, 1.82) is 0 Å². The molecule has 106 valence electrons. The van der Waals surface area contributed by atoms with Crippen molar-refractivity contribution in [1.82, 2.24) is 15.3 Å². The molecule has 0 unspecified atom stereocenters. The fourth-order valence-corrected chi connectivity index (χ4v) is 2.22. The predicted octanol–water partition coefficient (Wildman–Crippen LogP) is 1.59. The van der Waals surface area contributed by atoms with Gasteiger partial charge in [0.15, 0.2) is 0 Å². The van der Waals surface area contributed by atoms with Gasteiger partial charge < -0.3 is 15.0 Å². The number of ether oxygens (including phenoxy) is 1. The van der Waals surface area contributed by atoms with Crippen molar-refractivity contribution in [2.75, 3.05) is 25.2 Å². The van der Waals surface area contributed by atoms with E-state index in [1.54, 1.807) is 0 Å². The van der Waals surface area contributed by atoms with Gasteiger partial charge in [0.1, 0.15) is 5.82 Å². The zero-order valence-electron chi connectivity index (χ0n) is 12.1. The van der Waals surface area contributed by atoms with E-state index in [0.29, 0.717) is 12.1 Å². The minimum atomic E-state index is 0.457. The zero-order valence-corrected chi connectivity index (χ0v) is 12.1. The van der Waals surface area contributed by atoms with E-state index in [0.717, 1.165) is 44.1 Å². The summed E-state index contributed by atoms with van der Waals surface area (Å²) in [7, 11) is 2.10. The van der Waals surface area contributed by atoms with Crippen LogP contribution in [0.5, 0.6) is 0 Å². The molecule has 0 bridgehead atoms. The van der Waals surface area contributed by atoms with E-state index in [-0.39, 0.29) is 0 Å². The molecular formula is C14H24N4O. The van der Waals surface area contributed by atoms with Crippen LogP contribution in [0.1, 0.15) is 32.4 Å². The van der Waals surface area contributed by atoms with Crippen LogP contribution in [0.4, 0.5) is 5.82 Å². The molecule has 1 aromatic heterocycles. The maximum atomic E-state index is 5.40. The molecule has 1 N–H and O–H groups in total. The van der Waals surface area contributed by atoms with Crippen molar-refractivity contribution in [3.05, 3.63) is 18.1 Å². The highest BCUT2D eigenvalue weighted by Gasteiger charge is 2.19. The highest BCUT2D eigenvalue weighted by Crippen LogP contribution is 2.18. The molecule has 2 rings (SSSR count). The van der Waals surface area contributed by atoms with Crippen molar-refractivity contribution in [2.45, 2.75) is 45.3 Å². The number of hydrogen-bond acceptors (Lipinski definition) is 5. The highest BCUT2D eigenvalue weighted by atomic mass is 16.5. The summed E-state index contributed by atoms with van der Waals surface area (Å²) in [4.78, 5) is 11.2. The van der Waals surface area contributed by atoms with Gasteiger partial charge in [0.05, 0.1) is 11.9 Å². The van der Waals surface area contributed by atoms with E-state index in [1.807, 2.05) is 12.4 Å². The number of anilines is 1. The quantitative estimate of drug-likeness (QED) is 0.875. The standard InChI is InChI=1S/C14H24N4O/c1-11(2)16-9-12-8-15-10-14(17-12)18(3)13-4-6-19-7-5-13/h8,10-11,13,16H,4-7,9H2,1-3H3. The van der Waals surface area contributed by atoms with Gasteiger partial charge in [-0.05, 0) is 12.8 Å². The lowest BCUT2D eigenvalue weighted by Crippen LogP contribution is -2.37. The molecule has 0 aliphatic carbocycles. The smallest absolute Gasteiger partial charge is 0.147 e. The summed E-state index contributed by atoms with van der Waals surface area (Å²) in [6.45, 7) is 6.71. The van der Waals surface area contributed by atoms with Crippen LogP contribution in [0.15, 0.2) is 12.4 Å². The Morgan fingerprint density at radius 3 is 2.79 bits per heavy atom. The van der Waals surface area contributed by atoms with Crippen LogP contribution in [-0.2, 0) is 11.3 Å². The lowest BCUT2D eigenvalue weighted by atomic mass is 10.1. The number of aromatic nitrogens is 2. The third-order valence-corrected chi connectivity index (χ3v) is 3.46. The van der Waals surface area contributed by atoms with Crippen LogP contribution < -0.4 is 10.2 Å². The Bertz CT molecular complexity index is 391. The van der Waals surface area contributed by atoms with Crippen LogP contribution in [0.3, 0.4) is 0 Å². The molecule has 2 heterocycles. The maximum Gasteiger partial charge on any atom is 0.147 e. The summed E-state index contributed by atoms with van der Waals surface area (Å²) in [5.41, 5.74) is 0.991. The first-order valence-electron chi connectivity index (χ1n) is 7.01. The Kier molecular flexibility index (Phi) is 5.10. The number of nitrogens with one attached hydrogen (secondary N) is 1. The SMILES string of the molecule is CC(C)NCc1cncc(N(C)C2CCOCC2)n1. The summed E-state index contributed by atoms with van der Waals surface area (Å²) in [5.74, 6) is 0.954. The van der Waals surface area contributed by atoms with E-state index in [4.69, 9.17) is 4.74 Å². The third-order valence-electron chi connectivity index (χ3n) is 3.46. The average Bonchev–Trinajstić information content (AvgIpc) is 2.45. The average molecular weight is 264 g/mol. The predicted molar refractivity (Wildman–Crippen MR) is 76.3 cm³/mol. The molecule has 1 aliphatic rings. The molecule has 1 fully saturated rings. The van der Waals surface area contributed by atoms with E-state index in [9.17, 15) is 0 Å². The first kappa shape index (κ1) is 14.2. The van der Waals surface area contributed by atoms with Gasteiger partial charge in [0, 0.05) is 45.1 Å². The second kappa shape index (κ2) is 6.82. The van der Waals surface area contributed by atoms with Crippen molar-refractivity contribution >= 4 is 5.82 Å². The van der Waals surface area contributed by atoms with Gasteiger partial charge in [-0.1, -0.05) is 13.8 Å².